The molecule has 0 heterocycles. The van der Waals surface area contributed by atoms with E-state index in [4.69, 9.17) is 0 Å². The van der Waals surface area contributed by atoms with Crippen LogP contribution < -0.4 is 0 Å². The van der Waals surface area contributed by atoms with Gasteiger partial charge in [-0.2, -0.15) is 0 Å². The third-order valence-corrected chi connectivity index (χ3v) is 4.72. The van der Waals surface area contributed by atoms with Gasteiger partial charge in [0.1, 0.15) is 5.78 Å². The molecule has 0 aliphatic heterocycles. The van der Waals surface area contributed by atoms with Crippen molar-refractivity contribution in [1.82, 2.24) is 0 Å². The zero-order chi connectivity index (χ0) is 9.59. The van der Waals surface area contributed by atoms with Crippen LogP contribution in [0.5, 0.6) is 0 Å². The number of fused-ring (bicyclic) bond motifs is 1. The minimum atomic E-state index is 0.372. The van der Waals surface area contributed by atoms with Gasteiger partial charge in [-0.05, 0) is 44.4 Å². The Kier molecular flexibility index (Phi) is 2.51. The van der Waals surface area contributed by atoms with E-state index in [9.17, 15) is 4.79 Å². The summed E-state index contributed by atoms with van der Waals surface area (Å²) in [6.45, 7) is 4.47. The third-order valence-electron chi connectivity index (χ3n) is 3.48. The minimum absolute atomic E-state index is 0.372. The Balaban J connectivity index is 2.21. The van der Waals surface area contributed by atoms with Gasteiger partial charge < -0.3 is 0 Å². The molecule has 2 aliphatic rings. The molecule has 0 saturated heterocycles. The minimum Gasteiger partial charge on any atom is -0.299 e. The number of Topliss-reactive ketones (excluding diaryl/α,β-unsaturated/α-hetero) is 1. The van der Waals surface area contributed by atoms with Crippen molar-refractivity contribution in [3.05, 3.63) is 9.66 Å². The molecule has 2 rings (SSSR count). The first kappa shape index (κ1) is 9.69. The quantitative estimate of drug-likeness (QED) is 0.678. The first-order valence-electron chi connectivity index (χ1n) is 4.99. The zero-order valence-electron chi connectivity index (χ0n) is 8.09. The van der Waals surface area contributed by atoms with Crippen LogP contribution in [0.1, 0.15) is 26.7 Å². The van der Waals surface area contributed by atoms with Crippen molar-refractivity contribution in [2.75, 3.05) is 0 Å². The van der Waals surface area contributed by atoms with Crippen LogP contribution in [0.3, 0.4) is 0 Å². The normalized spacial score (nSPS) is 38.3. The van der Waals surface area contributed by atoms with Crippen molar-refractivity contribution in [2.45, 2.75) is 26.7 Å². The standard InChI is InChI=1S/C11H15IO/c1-6(2)7-3-4-9(12)8-5-10(13)11(7)8/h4,6-8,11H,3,5H2,1-2H3/t7-,8+,11-/m1/s1. The van der Waals surface area contributed by atoms with Crippen molar-refractivity contribution in [2.24, 2.45) is 23.7 Å². The molecule has 2 heteroatoms. The molecule has 3 atom stereocenters. The van der Waals surface area contributed by atoms with Crippen LogP contribution in [-0.2, 0) is 4.79 Å². The van der Waals surface area contributed by atoms with Crippen LogP contribution in [0.15, 0.2) is 9.66 Å². The van der Waals surface area contributed by atoms with Crippen LogP contribution in [0.2, 0.25) is 0 Å². The summed E-state index contributed by atoms with van der Waals surface area (Å²) in [7, 11) is 0. The molecule has 0 aromatic carbocycles. The highest BCUT2D eigenvalue weighted by molar-refractivity contribution is 14.1. The molecule has 0 bridgehead atoms. The SMILES string of the molecule is CC(C)[C@H]1CC=C(I)[C@@H]2CC(=O)[C@H]12. The monoisotopic (exact) mass is 290 g/mol. The van der Waals surface area contributed by atoms with Crippen molar-refractivity contribution >= 4 is 28.4 Å². The maximum Gasteiger partial charge on any atom is 0.137 e. The molecule has 0 aromatic rings. The summed E-state index contributed by atoms with van der Waals surface area (Å²) in [6, 6.07) is 0. The van der Waals surface area contributed by atoms with Gasteiger partial charge in [0.2, 0.25) is 0 Å². The average Bonchev–Trinajstić information content (AvgIpc) is 2.05. The number of carbonyl (C=O) groups excluding carboxylic acids is 1. The molecule has 1 saturated carbocycles. The Labute approximate surface area is 93.1 Å². The number of hydrogen-bond donors (Lipinski definition) is 0. The molecule has 1 fully saturated rings. The largest absolute Gasteiger partial charge is 0.299 e. The van der Waals surface area contributed by atoms with Crippen LogP contribution in [-0.4, -0.2) is 5.78 Å². The first-order valence-corrected chi connectivity index (χ1v) is 6.07. The van der Waals surface area contributed by atoms with Gasteiger partial charge >= 0.3 is 0 Å². The molecule has 0 amide bonds. The fraction of sp³-hybridized carbons (Fsp3) is 0.727. The van der Waals surface area contributed by atoms with Crippen molar-refractivity contribution < 1.29 is 4.79 Å². The van der Waals surface area contributed by atoms with Gasteiger partial charge in [0.15, 0.2) is 0 Å². The molecule has 0 aromatic heterocycles. The molecule has 13 heavy (non-hydrogen) atoms. The van der Waals surface area contributed by atoms with Crippen molar-refractivity contribution in [3.63, 3.8) is 0 Å². The molecule has 2 aliphatic carbocycles. The summed E-state index contributed by atoms with van der Waals surface area (Å²) in [5, 5.41) is 0. The van der Waals surface area contributed by atoms with E-state index in [1.807, 2.05) is 0 Å². The van der Waals surface area contributed by atoms with Crippen LogP contribution in [0.25, 0.3) is 0 Å². The smallest absolute Gasteiger partial charge is 0.137 e. The lowest BCUT2D eigenvalue weighted by Gasteiger charge is -2.44. The summed E-state index contributed by atoms with van der Waals surface area (Å²) in [6.07, 6.45) is 4.25. The summed E-state index contributed by atoms with van der Waals surface area (Å²) in [5.74, 6) is 2.74. The Hall–Kier alpha value is 0.140. The van der Waals surface area contributed by atoms with Crippen molar-refractivity contribution in [3.8, 4) is 0 Å². The fourth-order valence-electron chi connectivity index (χ4n) is 2.58. The molecular weight excluding hydrogens is 275 g/mol. The Morgan fingerprint density at radius 2 is 2.23 bits per heavy atom. The highest BCUT2D eigenvalue weighted by Gasteiger charge is 2.47. The third kappa shape index (κ3) is 1.47. The number of rotatable bonds is 1. The second kappa shape index (κ2) is 3.37. The second-order valence-electron chi connectivity index (χ2n) is 4.54. The molecule has 72 valence electrons. The Bertz CT molecular complexity index is 267. The first-order chi connectivity index (χ1) is 6.11. The number of ketones is 1. The molecule has 0 spiro atoms. The number of halogens is 1. The lowest BCUT2D eigenvalue weighted by molar-refractivity contribution is -0.136. The van der Waals surface area contributed by atoms with Crippen LogP contribution in [0, 0.1) is 23.7 Å². The van der Waals surface area contributed by atoms with Gasteiger partial charge in [0.05, 0.1) is 0 Å². The van der Waals surface area contributed by atoms with E-state index in [2.05, 4.69) is 42.5 Å². The number of hydrogen-bond acceptors (Lipinski definition) is 1. The predicted molar refractivity (Wildman–Crippen MR) is 61.7 cm³/mol. The van der Waals surface area contributed by atoms with E-state index in [0.29, 0.717) is 29.5 Å². The van der Waals surface area contributed by atoms with Crippen molar-refractivity contribution in [1.29, 1.82) is 0 Å². The van der Waals surface area contributed by atoms with Gasteiger partial charge in [-0.25, -0.2) is 0 Å². The van der Waals surface area contributed by atoms with E-state index in [0.717, 1.165) is 12.8 Å². The van der Waals surface area contributed by atoms with E-state index in [1.54, 1.807) is 0 Å². The maximum atomic E-state index is 11.5. The molecule has 0 unspecified atom stereocenters. The average molecular weight is 290 g/mol. The van der Waals surface area contributed by atoms with E-state index in [1.165, 1.54) is 3.58 Å². The van der Waals surface area contributed by atoms with Gasteiger partial charge in [-0.1, -0.05) is 19.9 Å². The summed E-state index contributed by atoms with van der Waals surface area (Å²) >= 11 is 2.40. The summed E-state index contributed by atoms with van der Waals surface area (Å²) in [5.41, 5.74) is 0. The topological polar surface area (TPSA) is 17.1 Å². The number of allylic oxidation sites excluding steroid dienone is 2. The van der Waals surface area contributed by atoms with Crippen LogP contribution in [0.4, 0.5) is 0 Å². The highest BCUT2D eigenvalue weighted by atomic mass is 127. The lowest BCUT2D eigenvalue weighted by atomic mass is 9.60. The zero-order valence-corrected chi connectivity index (χ0v) is 10.2. The van der Waals surface area contributed by atoms with Crippen LogP contribution >= 0.6 is 22.6 Å². The van der Waals surface area contributed by atoms with Gasteiger partial charge in [-0.15, -0.1) is 0 Å². The lowest BCUT2D eigenvalue weighted by Crippen LogP contribution is -2.45. The maximum absolute atomic E-state index is 11.5. The van der Waals surface area contributed by atoms with Gasteiger partial charge in [0, 0.05) is 18.3 Å². The van der Waals surface area contributed by atoms with Gasteiger partial charge in [0.25, 0.3) is 0 Å². The predicted octanol–water partition coefficient (Wildman–Crippen LogP) is 3.19. The summed E-state index contributed by atoms with van der Waals surface area (Å²) in [4.78, 5) is 11.5. The molecular formula is C11H15IO. The van der Waals surface area contributed by atoms with E-state index < -0.39 is 0 Å². The van der Waals surface area contributed by atoms with Gasteiger partial charge in [-0.3, -0.25) is 4.79 Å². The Morgan fingerprint density at radius 1 is 1.54 bits per heavy atom. The highest BCUT2D eigenvalue weighted by Crippen LogP contribution is 2.50. The van der Waals surface area contributed by atoms with E-state index in [-0.39, 0.29) is 0 Å². The summed E-state index contributed by atoms with van der Waals surface area (Å²) < 4.78 is 1.43. The molecule has 0 N–H and O–H groups in total. The number of carbonyl (C=O) groups is 1. The second-order valence-corrected chi connectivity index (χ2v) is 5.78. The molecule has 1 nitrogen and oxygen atoms in total. The molecule has 0 radical (unpaired) electrons. The fourth-order valence-corrected chi connectivity index (χ4v) is 3.45. The van der Waals surface area contributed by atoms with E-state index >= 15 is 0 Å². The Morgan fingerprint density at radius 3 is 2.77 bits per heavy atom.